The van der Waals surface area contributed by atoms with E-state index in [0.29, 0.717) is 17.9 Å². The molecule has 3 nitrogen and oxygen atoms in total. The Morgan fingerprint density at radius 2 is 2.44 bits per heavy atom. The van der Waals surface area contributed by atoms with Crippen molar-refractivity contribution < 1.29 is 9.47 Å². The molecule has 1 atom stereocenters. The molecule has 4 heteroatoms. The highest BCUT2D eigenvalue weighted by Crippen LogP contribution is 2.26. The molecule has 84 valence electrons. The molecular formula is C12H12BrNO2. The van der Waals surface area contributed by atoms with Gasteiger partial charge >= 0.3 is 0 Å². The second kappa shape index (κ2) is 5.33. The van der Waals surface area contributed by atoms with E-state index in [2.05, 4.69) is 22.0 Å². The fourth-order valence-electron chi connectivity index (χ4n) is 1.69. The highest BCUT2D eigenvalue weighted by Gasteiger charge is 2.17. The molecule has 0 bridgehead atoms. The van der Waals surface area contributed by atoms with Gasteiger partial charge in [0.15, 0.2) is 0 Å². The van der Waals surface area contributed by atoms with Gasteiger partial charge in [0, 0.05) is 11.1 Å². The third-order valence-electron chi connectivity index (χ3n) is 2.54. The predicted molar refractivity (Wildman–Crippen MR) is 63.3 cm³/mol. The lowest BCUT2D eigenvalue weighted by molar-refractivity contribution is 0.0678. The maximum Gasteiger partial charge on any atom is 0.138 e. The molecule has 1 aromatic carbocycles. The van der Waals surface area contributed by atoms with Gasteiger partial charge in [0.25, 0.3) is 0 Å². The molecule has 1 aliphatic heterocycles. The summed E-state index contributed by atoms with van der Waals surface area (Å²) >= 11 is 3.33. The molecule has 0 radical (unpaired) electrons. The Kier molecular flexibility index (Phi) is 3.81. The Bertz CT molecular complexity index is 408. The number of rotatable bonds is 3. The van der Waals surface area contributed by atoms with Crippen LogP contribution in [0.4, 0.5) is 0 Å². The Balaban J connectivity index is 2.03. The van der Waals surface area contributed by atoms with Gasteiger partial charge in [-0.2, -0.15) is 5.26 Å². The van der Waals surface area contributed by atoms with Gasteiger partial charge in [0.2, 0.25) is 0 Å². The Hall–Kier alpha value is -1.05. The van der Waals surface area contributed by atoms with Crippen LogP contribution in [0.2, 0.25) is 0 Å². The maximum atomic E-state index is 9.00. The molecule has 0 aromatic heterocycles. The zero-order valence-corrected chi connectivity index (χ0v) is 10.4. The van der Waals surface area contributed by atoms with Crippen molar-refractivity contribution in [2.45, 2.75) is 18.9 Å². The number of hydrogen-bond acceptors (Lipinski definition) is 3. The van der Waals surface area contributed by atoms with E-state index in [0.717, 1.165) is 23.9 Å². The van der Waals surface area contributed by atoms with Gasteiger partial charge in [0.05, 0.1) is 6.10 Å². The molecule has 0 N–H and O–H groups in total. The van der Waals surface area contributed by atoms with Crippen LogP contribution in [0.5, 0.6) is 5.75 Å². The van der Waals surface area contributed by atoms with E-state index in [1.807, 2.05) is 12.1 Å². The van der Waals surface area contributed by atoms with Gasteiger partial charge in [-0.1, -0.05) is 6.07 Å². The Morgan fingerprint density at radius 3 is 3.12 bits per heavy atom. The second-order valence-corrected chi connectivity index (χ2v) is 4.53. The molecule has 1 fully saturated rings. The molecule has 0 aliphatic carbocycles. The molecule has 0 saturated carbocycles. The summed E-state index contributed by atoms with van der Waals surface area (Å²) in [6.07, 6.45) is 2.30. The lowest BCUT2D eigenvalue weighted by Crippen LogP contribution is -2.16. The van der Waals surface area contributed by atoms with E-state index < -0.39 is 0 Å². The van der Waals surface area contributed by atoms with Crippen LogP contribution >= 0.6 is 15.9 Å². The molecule has 1 aromatic rings. The number of nitriles is 1. The van der Waals surface area contributed by atoms with Crippen LogP contribution in [0.1, 0.15) is 18.4 Å². The van der Waals surface area contributed by atoms with Gasteiger partial charge in [-0.05, 0) is 40.9 Å². The summed E-state index contributed by atoms with van der Waals surface area (Å²) in [5.74, 6) is 0.618. The number of nitrogens with zero attached hydrogens (tertiary/aromatic N) is 1. The quantitative estimate of drug-likeness (QED) is 0.856. The summed E-state index contributed by atoms with van der Waals surface area (Å²) in [6.45, 7) is 1.34. The van der Waals surface area contributed by atoms with Gasteiger partial charge < -0.3 is 9.47 Å². The molecule has 2 rings (SSSR count). The van der Waals surface area contributed by atoms with Gasteiger partial charge in [-0.3, -0.25) is 0 Å². The minimum atomic E-state index is 0.172. The van der Waals surface area contributed by atoms with Crippen molar-refractivity contribution in [1.82, 2.24) is 0 Å². The topological polar surface area (TPSA) is 42.2 Å². The van der Waals surface area contributed by atoms with Gasteiger partial charge in [-0.25, -0.2) is 0 Å². The third-order valence-corrected chi connectivity index (χ3v) is 3.20. The monoisotopic (exact) mass is 281 g/mol. The van der Waals surface area contributed by atoms with E-state index in [-0.39, 0.29) is 6.10 Å². The van der Waals surface area contributed by atoms with Crippen molar-refractivity contribution in [3.63, 3.8) is 0 Å². The number of ether oxygens (including phenoxy) is 2. The fraction of sp³-hybridized carbons (Fsp3) is 0.417. The average molecular weight is 282 g/mol. The molecule has 1 heterocycles. The summed E-state index contributed by atoms with van der Waals surface area (Å²) in [7, 11) is 0. The van der Waals surface area contributed by atoms with Crippen LogP contribution in [0.3, 0.4) is 0 Å². The van der Waals surface area contributed by atoms with Gasteiger partial charge in [0.1, 0.15) is 24.0 Å². The Morgan fingerprint density at radius 1 is 1.56 bits per heavy atom. The van der Waals surface area contributed by atoms with E-state index in [9.17, 15) is 0 Å². The zero-order valence-electron chi connectivity index (χ0n) is 8.78. The summed E-state index contributed by atoms with van der Waals surface area (Å²) in [4.78, 5) is 0. The predicted octanol–water partition coefficient (Wildman–Crippen LogP) is 2.88. The van der Waals surface area contributed by atoms with E-state index >= 15 is 0 Å². The van der Waals surface area contributed by atoms with Crippen molar-refractivity contribution in [3.05, 3.63) is 28.2 Å². The molecule has 1 unspecified atom stereocenters. The van der Waals surface area contributed by atoms with E-state index in [4.69, 9.17) is 14.7 Å². The van der Waals surface area contributed by atoms with Crippen LogP contribution in [-0.4, -0.2) is 19.3 Å². The van der Waals surface area contributed by atoms with Crippen LogP contribution in [0.25, 0.3) is 0 Å². The number of hydrogen-bond donors (Lipinski definition) is 0. The number of benzene rings is 1. The molecule has 0 amide bonds. The Labute approximate surface area is 103 Å². The standard InChI is InChI=1S/C12H12BrNO2/c13-11-4-1-5-12(10(11)7-14)16-8-9-3-2-6-15-9/h1,4-5,9H,2-3,6,8H2. The SMILES string of the molecule is N#Cc1c(Br)cccc1OCC1CCCO1. The van der Waals surface area contributed by atoms with Crippen LogP contribution < -0.4 is 4.74 Å². The minimum Gasteiger partial charge on any atom is -0.489 e. The van der Waals surface area contributed by atoms with Crippen LogP contribution in [-0.2, 0) is 4.74 Å². The molecular weight excluding hydrogens is 270 g/mol. The first-order valence-corrected chi connectivity index (χ1v) is 6.03. The highest BCUT2D eigenvalue weighted by molar-refractivity contribution is 9.10. The largest absolute Gasteiger partial charge is 0.489 e. The van der Waals surface area contributed by atoms with Crippen molar-refractivity contribution in [1.29, 1.82) is 5.26 Å². The summed E-state index contributed by atoms with van der Waals surface area (Å²) in [5, 5.41) is 9.00. The van der Waals surface area contributed by atoms with Crippen LogP contribution in [0.15, 0.2) is 22.7 Å². The lowest BCUT2D eigenvalue weighted by Gasteiger charge is -2.12. The zero-order chi connectivity index (χ0) is 11.4. The second-order valence-electron chi connectivity index (χ2n) is 3.67. The molecule has 0 spiro atoms. The minimum absolute atomic E-state index is 0.172. The van der Waals surface area contributed by atoms with Crippen molar-refractivity contribution in [2.24, 2.45) is 0 Å². The summed E-state index contributed by atoms with van der Waals surface area (Å²) in [6, 6.07) is 7.62. The van der Waals surface area contributed by atoms with E-state index in [1.165, 1.54) is 0 Å². The lowest BCUT2D eigenvalue weighted by atomic mass is 10.2. The maximum absolute atomic E-state index is 9.00. The first-order chi connectivity index (χ1) is 7.81. The molecule has 1 aliphatic rings. The summed E-state index contributed by atoms with van der Waals surface area (Å²) in [5.41, 5.74) is 0.542. The highest BCUT2D eigenvalue weighted by atomic mass is 79.9. The third kappa shape index (κ3) is 2.55. The first-order valence-electron chi connectivity index (χ1n) is 5.24. The van der Waals surface area contributed by atoms with Crippen molar-refractivity contribution >= 4 is 15.9 Å². The van der Waals surface area contributed by atoms with Crippen LogP contribution in [0, 0.1) is 11.3 Å². The fourth-order valence-corrected chi connectivity index (χ4v) is 2.13. The average Bonchev–Trinajstić information content (AvgIpc) is 2.79. The smallest absolute Gasteiger partial charge is 0.138 e. The summed E-state index contributed by atoms with van der Waals surface area (Å²) < 4.78 is 11.8. The van der Waals surface area contributed by atoms with Crippen molar-refractivity contribution in [3.8, 4) is 11.8 Å². The van der Waals surface area contributed by atoms with Crippen molar-refractivity contribution in [2.75, 3.05) is 13.2 Å². The molecule has 16 heavy (non-hydrogen) atoms. The normalized spacial score (nSPS) is 19.4. The first kappa shape index (κ1) is 11.4. The molecule has 1 saturated heterocycles. The van der Waals surface area contributed by atoms with Gasteiger partial charge in [-0.15, -0.1) is 0 Å². The van der Waals surface area contributed by atoms with E-state index in [1.54, 1.807) is 6.07 Å². The number of halogens is 1.